The predicted molar refractivity (Wildman–Crippen MR) is 355 cm³/mol. The number of nitrogens with zero attached hydrogens (tertiary/aromatic N) is 5. The van der Waals surface area contributed by atoms with Crippen molar-refractivity contribution in [3.8, 4) is 11.5 Å². The monoisotopic (exact) mass is 1380 g/mol. The highest BCUT2D eigenvalue weighted by Crippen LogP contribution is 2.64. The van der Waals surface area contributed by atoms with Crippen molar-refractivity contribution in [2.24, 2.45) is 16.7 Å². The van der Waals surface area contributed by atoms with Crippen LogP contribution in [0, 0.1) is 26.9 Å². The van der Waals surface area contributed by atoms with Crippen molar-refractivity contribution >= 4 is 59.3 Å². The molecule has 10 rings (SSSR count). The van der Waals surface area contributed by atoms with E-state index < -0.39 is 142 Å². The van der Waals surface area contributed by atoms with Gasteiger partial charge in [-0.15, -0.1) is 0 Å². The van der Waals surface area contributed by atoms with Gasteiger partial charge in [0.15, 0.2) is 17.5 Å². The molecule has 2 saturated heterocycles. The van der Waals surface area contributed by atoms with Gasteiger partial charge in [0.05, 0.1) is 34.5 Å². The fourth-order valence-electron chi connectivity index (χ4n) is 14.3. The van der Waals surface area contributed by atoms with Crippen LogP contribution in [0.25, 0.3) is 0 Å². The Bertz CT molecular complexity index is 3980. The second-order valence-corrected chi connectivity index (χ2v) is 26.8. The van der Waals surface area contributed by atoms with E-state index in [0.717, 1.165) is 36.7 Å². The van der Waals surface area contributed by atoms with Crippen LogP contribution in [-0.2, 0) is 52.3 Å². The molecule has 27 nitrogen and oxygen atoms in total. The highest BCUT2D eigenvalue weighted by molar-refractivity contribution is 5.97. The number of nitro benzene ring substituents is 1. The van der Waals surface area contributed by atoms with E-state index in [9.17, 15) is 53.9 Å². The number of piperazine rings is 1. The van der Waals surface area contributed by atoms with Crippen LogP contribution in [0.4, 0.5) is 15.3 Å². The molecule has 0 spiro atoms. The predicted octanol–water partition coefficient (Wildman–Crippen LogP) is 7.73. The van der Waals surface area contributed by atoms with Crippen molar-refractivity contribution < 1.29 is 96.2 Å². The van der Waals surface area contributed by atoms with Crippen LogP contribution in [0.3, 0.4) is 0 Å². The summed E-state index contributed by atoms with van der Waals surface area (Å²) >= 11 is 0. The lowest BCUT2D eigenvalue weighted by Gasteiger charge is -2.67. The first-order chi connectivity index (χ1) is 47.4. The highest BCUT2D eigenvalue weighted by Gasteiger charge is 2.78. The van der Waals surface area contributed by atoms with Gasteiger partial charge in [-0.2, -0.15) is 0 Å². The first-order valence-electron chi connectivity index (χ1n) is 32.8. The molecule has 4 amide bonds. The number of ketones is 1. The zero-order valence-corrected chi connectivity index (χ0v) is 57.1. The van der Waals surface area contributed by atoms with Gasteiger partial charge in [-0.05, 0) is 111 Å². The lowest BCUT2D eigenvalue weighted by atomic mass is 9.44. The average molecular weight is 1380 g/mol. The number of likely N-dealkylation sites (N-methyl/N-ethyl adjacent to an activating group) is 3. The third-order valence-corrected chi connectivity index (χ3v) is 20.1. The van der Waals surface area contributed by atoms with Crippen LogP contribution < -0.4 is 10.1 Å². The second-order valence-electron chi connectivity index (χ2n) is 26.8. The van der Waals surface area contributed by atoms with Crippen LogP contribution >= 0.6 is 0 Å². The maximum Gasteiger partial charge on any atom is 0.410 e. The number of carbonyl (C=O) groups is 9. The van der Waals surface area contributed by atoms with E-state index >= 15 is 9.59 Å². The van der Waals surface area contributed by atoms with E-state index in [1.807, 2.05) is 7.05 Å². The summed E-state index contributed by atoms with van der Waals surface area (Å²) in [7, 11) is 4.68. The minimum absolute atomic E-state index is 0.000548. The number of Topliss-reactive ketones (excluding diaryl/α,β-unsaturated/α-hetero) is 1. The van der Waals surface area contributed by atoms with Gasteiger partial charge in [0.1, 0.15) is 41.8 Å². The van der Waals surface area contributed by atoms with Gasteiger partial charge in [0.2, 0.25) is 11.9 Å². The molecule has 2 aliphatic heterocycles. The highest BCUT2D eigenvalue weighted by atomic mass is 16.6. The van der Waals surface area contributed by atoms with E-state index in [1.54, 1.807) is 83.8 Å². The molecular weight excluding hydrogens is 1300 g/mol. The minimum Gasteiger partial charge on any atom is -0.455 e. The minimum atomic E-state index is -2.56. The van der Waals surface area contributed by atoms with Gasteiger partial charge in [-0.1, -0.05) is 80.6 Å². The molecule has 2 heterocycles. The Hall–Kier alpha value is -10.1. The third-order valence-electron chi connectivity index (χ3n) is 20.1. The number of rotatable bonds is 20. The number of esters is 4. The van der Waals surface area contributed by atoms with Crippen LogP contribution in [0.2, 0.25) is 0 Å². The summed E-state index contributed by atoms with van der Waals surface area (Å²) in [4.78, 5) is 147. The lowest BCUT2D eigenvalue weighted by molar-refractivity contribution is -0.385. The Morgan fingerprint density at radius 2 is 1.34 bits per heavy atom. The molecule has 5 aromatic carbocycles. The Kier molecular flexibility index (Phi) is 21.3. The van der Waals surface area contributed by atoms with Gasteiger partial charge in [-0.25, -0.2) is 19.2 Å². The lowest BCUT2D eigenvalue weighted by Crippen LogP contribution is -2.82. The van der Waals surface area contributed by atoms with Crippen molar-refractivity contribution in [1.82, 2.24) is 24.9 Å². The van der Waals surface area contributed by atoms with Gasteiger partial charge < -0.3 is 73.0 Å². The molecule has 3 N–H and O–H groups in total. The number of nitrogens with one attached hydrogen (secondary N) is 1. The van der Waals surface area contributed by atoms with Crippen molar-refractivity contribution in [3.63, 3.8) is 0 Å². The number of fused-ring (bicyclic) bond motifs is 5. The number of ether oxygens (including phenoxy) is 8. The zero-order chi connectivity index (χ0) is 72.3. The van der Waals surface area contributed by atoms with Crippen molar-refractivity contribution in [1.29, 1.82) is 0 Å². The maximum absolute atomic E-state index is 16.0. The molecule has 12 atom stereocenters. The Balaban J connectivity index is 0.939. The smallest absolute Gasteiger partial charge is 0.410 e. The number of nitro groups is 1. The maximum atomic E-state index is 16.0. The molecule has 5 aliphatic rings. The summed E-state index contributed by atoms with van der Waals surface area (Å²) in [6.45, 7) is 11.3. The summed E-state index contributed by atoms with van der Waals surface area (Å²) in [5.41, 5.74) is -7.78. The van der Waals surface area contributed by atoms with Gasteiger partial charge >= 0.3 is 41.8 Å². The summed E-state index contributed by atoms with van der Waals surface area (Å²) in [6, 6.07) is 32.2. The van der Waals surface area contributed by atoms with Crippen molar-refractivity contribution in [3.05, 3.63) is 183 Å². The zero-order valence-electron chi connectivity index (χ0n) is 57.1. The molecular formula is C73H82N6O21. The quantitative estimate of drug-likeness (QED) is 0.0220. The molecule has 0 radical (unpaired) electrons. The average Bonchev–Trinajstić information content (AvgIpc) is 0.669. The summed E-state index contributed by atoms with van der Waals surface area (Å²) in [5.74, 6) is -7.62. The molecule has 2 bridgehead atoms. The van der Waals surface area contributed by atoms with E-state index in [2.05, 4.69) is 10.2 Å². The van der Waals surface area contributed by atoms with Crippen LogP contribution in [0.1, 0.15) is 116 Å². The SMILES string of the molecule is CC(=O)O[C@H]1C(=O)[C@@]2(C)[C@H]([C@H](OC(=O)c3ccccc3)[C@]3(O)C[C@H](OC(=O)[C@H](OC(=O)N(C)CCN(C)C(=O)OC(C)c4ccc([N+](=O)[O-])c(Oc5ccc(C(=O)N6CCN(C)CC6)cc5)c4)[C@@H](NC(=O)c4ccccc4)c4ccccc4)C(C)=C1C3(C)C)[C@]1(OC(C)=O)CO[C@@H]1C[C@@H]2O. The molecule has 1 unspecified atom stereocenters. The fraction of sp³-hybridized carbons (Fsp3) is 0.438. The number of benzene rings is 5. The Morgan fingerprint density at radius 3 is 1.91 bits per heavy atom. The molecule has 5 aromatic rings. The number of hydrogen-bond acceptors (Lipinski definition) is 22. The normalized spacial score (nSPS) is 25.4. The molecule has 2 saturated carbocycles. The molecule has 4 fully saturated rings. The summed E-state index contributed by atoms with van der Waals surface area (Å²) < 4.78 is 49.1. The van der Waals surface area contributed by atoms with Crippen LogP contribution in [-0.4, -0.2) is 203 Å². The number of amides is 4. The molecule has 530 valence electrons. The van der Waals surface area contributed by atoms with Gasteiger partial charge in [-0.3, -0.25) is 34.1 Å². The van der Waals surface area contributed by atoms with Gasteiger partial charge in [0, 0.05) is 103 Å². The number of carbonyl (C=O) groups excluding carboxylic acids is 9. The first-order valence-corrected chi connectivity index (χ1v) is 32.8. The number of aliphatic hydroxyl groups excluding tert-OH is 1. The number of hydrogen-bond donors (Lipinski definition) is 3. The second kappa shape index (κ2) is 29.4. The topological polar surface area (TPSA) is 336 Å². The van der Waals surface area contributed by atoms with E-state index in [1.165, 1.54) is 103 Å². The Morgan fingerprint density at radius 1 is 0.750 bits per heavy atom. The summed E-state index contributed by atoms with van der Waals surface area (Å²) in [6.07, 6.45) is -14.6. The third kappa shape index (κ3) is 14.4. The standard InChI is InChI=1S/C73H82N6O21/c1-42-54(40-73(90)63(99-66(86)49-24-18-13-19-25-49)61-71(7,55(82)39-56-72(61,41-93-56)100-45(4)81)62(83)59(95-44(3)80)57(42)70(73,5)6)97-67(87)60(58(46-20-14-11-15-21-46)74-64(84)47-22-16-12-17-23-47)98-69(89)77(10)35-34-76(9)68(88)94-43(2)50-28-31-52(79(91)92)53(38-50)96-51-29-26-48(27-30-51)65(85)78-36-32-75(8)33-37-78/h11-31,38,43,54-56,58-61,63,82,90H,32-37,39-41H2,1-10H3,(H,74,84)/t43?,54-,55-,56+,58-,59+,60+,61-,63-,71+,72-,73+/m0/s1. The summed E-state index contributed by atoms with van der Waals surface area (Å²) in [5, 5.41) is 41.6. The van der Waals surface area contributed by atoms with E-state index in [-0.39, 0.29) is 70.4 Å². The molecule has 3 aliphatic carbocycles. The Labute approximate surface area is 577 Å². The molecule has 0 aromatic heterocycles. The van der Waals surface area contributed by atoms with Crippen LogP contribution in [0.5, 0.6) is 11.5 Å². The van der Waals surface area contributed by atoms with Crippen molar-refractivity contribution in [2.75, 3.05) is 67.0 Å². The van der Waals surface area contributed by atoms with Crippen LogP contribution in [0.15, 0.2) is 145 Å². The molecule has 100 heavy (non-hydrogen) atoms. The number of aliphatic hydroxyl groups is 2. The van der Waals surface area contributed by atoms with Crippen molar-refractivity contribution in [2.45, 2.75) is 121 Å². The van der Waals surface area contributed by atoms with E-state index in [4.69, 9.17) is 37.9 Å². The molecule has 27 heteroatoms. The van der Waals surface area contributed by atoms with Gasteiger partial charge in [0.25, 0.3) is 11.8 Å². The first kappa shape index (κ1) is 72.6. The fourth-order valence-corrected chi connectivity index (χ4v) is 14.3. The largest absolute Gasteiger partial charge is 0.455 e. The van der Waals surface area contributed by atoms with E-state index in [0.29, 0.717) is 24.2 Å².